The molecule has 1 aromatic carbocycles. The van der Waals surface area contributed by atoms with Crippen LogP contribution in [-0.2, 0) is 13.5 Å². The molecule has 1 heteroatoms. The number of hydrogen-bond acceptors (Lipinski definition) is 0. The molecular formula is C15H19N. The fourth-order valence-electron chi connectivity index (χ4n) is 2.30. The lowest BCUT2D eigenvalue weighted by molar-refractivity contribution is 0.937. The molecule has 0 amide bonds. The molecule has 0 N–H and O–H groups in total. The van der Waals surface area contributed by atoms with Crippen molar-refractivity contribution in [1.82, 2.24) is 4.57 Å². The van der Waals surface area contributed by atoms with E-state index in [0.29, 0.717) is 0 Å². The second-order valence-corrected chi connectivity index (χ2v) is 4.10. The largest absolute Gasteiger partial charge is 0.344 e. The lowest BCUT2D eigenvalue weighted by Crippen LogP contribution is -1.92. The number of hydrogen-bond donors (Lipinski definition) is 0. The van der Waals surface area contributed by atoms with Crippen molar-refractivity contribution >= 4 is 17.0 Å². The first-order valence-electron chi connectivity index (χ1n) is 6.02. The van der Waals surface area contributed by atoms with Gasteiger partial charge in [0, 0.05) is 23.6 Å². The van der Waals surface area contributed by atoms with Crippen molar-refractivity contribution in [3.8, 4) is 0 Å². The van der Waals surface area contributed by atoms with Crippen LogP contribution in [0.5, 0.6) is 0 Å². The van der Waals surface area contributed by atoms with Crippen LogP contribution in [0.2, 0.25) is 0 Å². The Morgan fingerprint density at radius 1 is 1.19 bits per heavy atom. The highest BCUT2D eigenvalue weighted by molar-refractivity contribution is 5.88. The van der Waals surface area contributed by atoms with Gasteiger partial charge < -0.3 is 4.57 Å². The van der Waals surface area contributed by atoms with Gasteiger partial charge in [0.05, 0.1) is 0 Å². The summed E-state index contributed by atoms with van der Waals surface area (Å²) in [7, 11) is 2.15. The van der Waals surface area contributed by atoms with E-state index in [-0.39, 0.29) is 0 Å². The minimum absolute atomic E-state index is 1.09. The average Bonchev–Trinajstić information content (AvgIpc) is 2.60. The summed E-state index contributed by atoms with van der Waals surface area (Å²) in [6.07, 6.45) is 6.65. The fraction of sp³-hybridized carbons (Fsp3) is 0.333. The lowest BCUT2D eigenvalue weighted by Gasteiger charge is -2.00. The molecule has 0 radical (unpaired) electrons. The van der Waals surface area contributed by atoms with Crippen molar-refractivity contribution in [3.05, 3.63) is 41.6 Å². The molecule has 1 nitrogen and oxygen atoms in total. The zero-order valence-electron chi connectivity index (χ0n) is 10.3. The maximum Gasteiger partial charge on any atom is 0.0485 e. The van der Waals surface area contributed by atoms with Gasteiger partial charge >= 0.3 is 0 Å². The molecule has 0 saturated heterocycles. The molecule has 2 rings (SSSR count). The monoisotopic (exact) mass is 213 g/mol. The van der Waals surface area contributed by atoms with Crippen LogP contribution in [-0.4, -0.2) is 4.57 Å². The Bertz CT molecular complexity index is 517. The molecule has 2 aromatic rings. The third kappa shape index (κ3) is 1.67. The van der Waals surface area contributed by atoms with Crippen molar-refractivity contribution in [2.24, 2.45) is 7.05 Å². The summed E-state index contributed by atoms with van der Waals surface area (Å²) in [5, 5.41) is 1.39. The number of aryl methyl sites for hydroxylation is 2. The highest BCUT2D eigenvalue weighted by Crippen LogP contribution is 2.26. The number of allylic oxidation sites excluding steroid dienone is 1. The summed E-state index contributed by atoms with van der Waals surface area (Å²) in [6.45, 7) is 4.40. The molecule has 84 valence electrons. The van der Waals surface area contributed by atoms with Crippen LogP contribution < -0.4 is 0 Å². The van der Waals surface area contributed by atoms with Crippen LogP contribution in [0.15, 0.2) is 30.3 Å². The average molecular weight is 213 g/mol. The van der Waals surface area contributed by atoms with Crippen molar-refractivity contribution in [3.63, 3.8) is 0 Å². The van der Waals surface area contributed by atoms with E-state index in [0.717, 1.165) is 12.8 Å². The molecule has 0 atom stereocenters. The molecule has 0 aliphatic carbocycles. The summed E-state index contributed by atoms with van der Waals surface area (Å²) in [5.74, 6) is 0. The van der Waals surface area contributed by atoms with Gasteiger partial charge in [-0.25, -0.2) is 0 Å². The predicted octanol–water partition coefficient (Wildman–Crippen LogP) is 4.16. The van der Waals surface area contributed by atoms with Crippen molar-refractivity contribution in [2.45, 2.75) is 26.7 Å². The number of benzene rings is 1. The van der Waals surface area contributed by atoms with E-state index in [2.05, 4.69) is 61.9 Å². The molecule has 0 fully saturated rings. The Morgan fingerprint density at radius 2 is 1.94 bits per heavy atom. The fourth-order valence-corrected chi connectivity index (χ4v) is 2.30. The SMILES string of the molecule is CC/C=C\c1c(CC)c2ccccc2n1C. The van der Waals surface area contributed by atoms with Gasteiger partial charge in [0.15, 0.2) is 0 Å². The van der Waals surface area contributed by atoms with Crippen LogP contribution in [0, 0.1) is 0 Å². The number of para-hydroxylation sites is 1. The maximum atomic E-state index is 2.29. The van der Waals surface area contributed by atoms with Crippen molar-refractivity contribution in [1.29, 1.82) is 0 Å². The first-order chi connectivity index (χ1) is 7.79. The van der Waals surface area contributed by atoms with Gasteiger partial charge in [0.25, 0.3) is 0 Å². The Kier molecular flexibility index (Phi) is 3.14. The van der Waals surface area contributed by atoms with E-state index in [1.54, 1.807) is 0 Å². The maximum absolute atomic E-state index is 2.29. The highest BCUT2D eigenvalue weighted by Gasteiger charge is 2.10. The summed E-state index contributed by atoms with van der Waals surface area (Å²) >= 11 is 0. The van der Waals surface area contributed by atoms with Crippen molar-refractivity contribution in [2.75, 3.05) is 0 Å². The molecular weight excluding hydrogens is 194 g/mol. The molecule has 0 aliphatic rings. The third-order valence-corrected chi connectivity index (χ3v) is 3.13. The van der Waals surface area contributed by atoms with Gasteiger partial charge in [0.2, 0.25) is 0 Å². The first-order valence-corrected chi connectivity index (χ1v) is 6.02. The minimum Gasteiger partial charge on any atom is -0.344 e. The zero-order valence-corrected chi connectivity index (χ0v) is 10.3. The smallest absolute Gasteiger partial charge is 0.0485 e. The standard InChI is InChI=1S/C15H19N/c1-4-6-10-14-12(5-2)13-9-7-8-11-15(13)16(14)3/h6-11H,4-5H2,1-3H3/b10-6-. The van der Waals surface area contributed by atoms with Gasteiger partial charge in [-0.15, -0.1) is 0 Å². The van der Waals surface area contributed by atoms with Crippen LogP contribution in [0.4, 0.5) is 0 Å². The van der Waals surface area contributed by atoms with Crippen LogP contribution in [0.25, 0.3) is 17.0 Å². The summed E-state index contributed by atoms with van der Waals surface area (Å²) in [5.41, 5.74) is 4.14. The summed E-state index contributed by atoms with van der Waals surface area (Å²) in [4.78, 5) is 0. The van der Waals surface area contributed by atoms with E-state index in [1.807, 2.05) is 0 Å². The lowest BCUT2D eigenvalue weighted by atomic mass is 10.1. The molecule has 1 heterocycles. The summed E-state index contributed by atoms with van der Waals surface area (Å²) in [6, 6.07) is 8.64. The van der Waals surface area contributed by atoms with Gasteiger partial charge in [-0.05, 0) is 30.5 Å². The number of aromatic nitrogens is 1. The number of nitrogens with zero attached hydrogens (tertiary/aromatic N) is 1. The minimum atomic E-state index is 1.09. The molecule has 16 heavy (non-hydrogen) atoms. The van der Waals surface area contributed by atoms with E-state index in [1.165, 1.54) is 22.2 Å². The number of rotatable bonds is 3. The van der Waals surface area contributed by atoms with E-state index in [4.69, 9.17) is 0 Å². The Labute approximate surface area is 97.4 Å². The Morgan fingerprint density at radius 3 is 2.62 bits per heavy atom. The van der Waals surface area contributed by atoms with E-state index >= 15 is 0 Å². The van der Waals surface area contributed by atoms with Gasteiger partial charge in [-0.3, -0.25) is 0 Å². The molecule has 0 spiro atoms. The molecule has 0 unspecified atom stereocenters. The van der Waals surface area contributed by atoms with E-state index < -0.39 is 0 Å². The van der Waals surface area contributed by atoms with Crippen LogP contribution in [0.1, 0.15) is 31.5 Å². The van der Waals surface area contributed by atoms with Gasteiger partial charge in [0.1, 0.15) is 0 Å². The number of fused-ring (bicyclic) bond motifs is 1. The Balaban J connectivity index is 2.71. The Hall–Kier alpha value is -1.50. The molecule has 1 aromatic heterocycles. The first kappa shape index (κ1) is 11.0. The topological polar surface area (TPSA) is 4.93 Å². The second kappa shape index (κ2) is 4.56. The van der Waals surface area contributed by atoms with Gasteiger partial charge in [-0.2, -0.15) is 0 Å². The van der Waals surface area contributed by atoms with E-state index in [9.17, 15) is 0 Å². The zero-order chi connectivity index (χ0) is 11.5. The molecule has 0 saturated carbocycles. The summed E-state index contributed by atoms with van der Waals surface area (Å²) < 4.78 is 2.29. The quantitative estimate of drug-likeness (QED) is 0.721. The predicted molar refractivity (Wildman–Crippen MR) is 71.6 cm³/mol. The van der Waals surface area contributed by atoms with Gasteiger partial charge in [-0.1, -0.05) is 38.1 Å². The normalized spacial score (nSPS) is 11.7. The molecule has 0 bridgehead atoms. The van der Waals surface area contributed by atoms with Crippen LogP contribution in [0.3, 0.4) is 0 Å². The van der Waals surface area contributed by atoms with Crippen LogP contribution >= 0.6 is 0 Å². The van der Waals surface area contributed by atoms with Crippen molar-refractivity contribution < 1.29 is 0 Å². The third-order valence-electron chi connectivity index (χ3n) is 3.13. The second-order valence-electron chi connectivity index (χ2n) is 4.10. The highest BCUT2D eigenvalue weighted by atomic mass is 14.9. The molecule has 0 aliphatic heterocycles.